The number of nitrogens with one attached hydrogen (secondary N) is 1. The number of nitriles is 1. The third kappa shape index (κ3) is 3.88. The van der Waals surface area contributed by atoms with E-state index in [1.54, 1.807) is 6.07 Å². The molecule has 0 aromatic heterocycles. The van der Waals surface area contributed by atoms with Crippen LogP contribution in [0.4, 0.5) is 5.69 Å². The SMILES string of the molecule is CCC1CCC(CNc2ccc(Cl)cc2C#N)CC1. The molecule has 0 atom stereocenters. The molecule has 0 radical (unpaired) electrons. The summed E-state index contributed by atoms with van der Waals surface area (Å²) in [6.07, 6.45) is 6.64. The Morgan fingerprint density at radius 1 is 1.26 bits per heavy atom. The van der Waals surface area contributed by atoms with Gasteiger partial charge in [-0.3, -0.25) is 0 Å². The molecule has 1 aliphatic rings. The smallest absolute Gasteiger partial charge is 0.101 e. The lowest BCUT2D eigenvalue weighted by Crippen LogP contribution is -2.21. The predicted octanol–water partition coefficient (Wildman–Crippen LogP) is 4.84. The molecule has 0 saturated heterocycles. The van der Waals surface area contributed by atoms with E-state index in [1.165, 1.54) is 32.1 Å². The average Bonchev–Trinajstić information content (AvgIpc) is 2.46. The Kier molecular flexibility index (Phi) is 5.10. The third-order valence-electron chi connectivity index (χ3n) is 4.23. The molecule has 0 heterocycles. The quantitative estimate of drug-likeness (QED) is 0.854. The van der Waals surface area contributed by atoms with Gasteiger partial charge in [0.05, 0.1) is 11.3 Å². The van der Waals surface area contributed by atoms with Crippen LogP contribution in [0.2, 0.25) is 5.02 Å². The van der Waals surface area contributed by atoms with E-state index in [0.717, 1.165) is 24.1 Å². The van der Waals surface area contributed by atoms with Gasteiger partial charge in [0.1, 0.15) is 6.07 Å². The van der Waals surface area contributed by atoms with Crippen LogP contribution in [0.15, 0.2) is 18.2 Å². The van der Waals surface area contributed by atoms with Gasteiger partial charge in [0.25, 0.3) is 0 Å². The van der Waals surface area contributed by atoms with E-state index in [9.17, 15) is 0 Å². The highest BCUT2D eigenvalue weighted by atomic mass is 35.5. The zero-order chi connectivity index (χ0) is 13.7. The van der Waals surface area contributed by atoms with Crippen LogP contribution in [0.3, 0.4) is 0 Å². The van der Waals surface area contributed by atoms with Crippen LogP contribution in [0.5, 0.6) is 0 Å². The number of rotatable bonds is 4. The first-order valence-corrected chi connectivity index (χ1v) is 7.54. The second kappa shape index (κ2) is 6.82. The summed E-state index contributed by atoms with van der Waals surface area (Å²) in [5.41, 5.74) is 1.54. The maximum Gasteiger partial charge on any atom is 0.101 e. The average molecular weight is 277 g/mol. The molecule has 2 rings (SSSR count). The summed E-state index contributed by atoms with van der Waals surface area (Å²) in [5, 5.41) is 13.1. The summed E-state index contributed by atoms with van der Waals surface area (Å²) < 4.78 is 0. The zero-order valence-electron chi connectivity index (χ0n) is 11.5. The van der Waals surface area contributed by atoms with Crippen molar-refractivity contribution in [3.8, 4) is 6.07 Å². The lowest BCUT2D eigenvalue weighted by atomic mass is 9.81. The van der Waals surface area contributed by atoms with Gasteiger partial charge in [0.2, 0.25) is 0 Å². The Bertz CT molecular complexity index is 456. The lowest BCUT2D eigenvalue weighted by Gasteiger charge is -2.28. The zero-order valence-corrected chi connectivity index (χ0v) is 12.2. The molecule has 2 nitrogen and oxygen atoms in total. The van der Waals surface area contributed by atoms with Crippen molar-refractivity contribution in [2.75, 3.05) is 11.9 Å². The highest BCUT2D eigenvalue weighted by Gasteiger charge is 2.19. The molecule has 0 aliphatic heterocycles. The van der Waals surface area contributed by atoms with Crippen molar-refractivity contribution in [1.82, 2.24) is 0 Å². The van der Waals surface area contributed by atoms with Gasteiger partial charge in [0, 0.05) is 11.6 Å². The molecule has 102 valence electrons. The van der Waals surface area contributed by atoms with E-state index in [0.29, 0.717) is 10.6 Å². The van der Waals surface area contributed by atoms with Crippen molar-refractivity contribution >= 4 is 17.3 Å². The molecule has 0 amide bonds. The molecule has 1 aliphatic carbocycles. The topological polar surface area (TPSA) is 35.8 Å². The minimum absolute atomic E-state index is 0.616. The Morgan fingerprint density at radius 2 is 1.95 bits per heavy atom. The highest BCUT2D eigenvalue weighted by molar-refractivity contribution is 6.30. The van der Waals surface area contributed by atoms with Crippen molar-refractivity contribution in [3.63, 3.8) is 0 Å². The van der Waals surface area contributed by atoms with Crippen LogP contribution in [0.1, 0.15) is 44.6 Å². The van der Waals surface area contributed by atoms with Gasteiger partial charge in [-0.05, 0) is 42.9 Å². The minimum atomic E-state index is 0.616. The molecule has 0 spiro atoms. The normalized spacial score (nSPS) is 22.8. The largest absolute Gasteiger partial charge is 0.384 e. The summed E-state index contributed by atoms with van der Waals surface area (Å²) in [4.78, 5) is 0. The molecule has 1 saturated carbocycles. The number of hydrogen-bond donors (Lipinski definition) is 1. The molecular weight excluding hydrogens is 256 g/mol. The van der Waals surface area contributed by atoms with Gasteiger partial charge in [-0.2, -0.15) is 5.26 Å². The Balaban J connectivity index is 1.88. The van der Waals surface area contributed by atoms with E-state index in [1.807, 2.05) is 12.1 Å². The van der Waals surface area contributed by atoms with Gasteiger partial charge in [-0.25, -0.2) is 0 Å². The van der Waals surface area contributed by atoms with Crippen molar-refractivity contribution < 1.29 is 0 Å². The first-order valence-electron chi connectivity index (χ1n) is 7.16. The monoisotopic (exact) mass is 276 g/mol. The van der Waals surface area contributed by atoms with Crippen LogP contribution < -0.4 is 5.32 Å². The maximum absolute atomic E-state index is 9.10. The number of hydrogen-bond acceptors (Lipinski definition) is 2. The first-order chi connectivity index (χ1) is 9.22. The molecule has 19 heavy (non-hydrogen) atoms. The molecule has 1 aromatic carbocycles. The van der Waals surface area contributed by atoms with Crippen molar-refractivity contribution in [2.45, 2.75) is 39.0 Å². The molecule has 1 fully saturated rings. The fourth-order valence-electron chi connectivity index (χ4n) is 2.86. The molecule has 1 aromatic rings. The van der Waals surface area contributed by atoms with Gasteiger partial charge >= 0.3 is 0 Å². The summed E-state index contributed by atoms with van der Waals surface area (Å²) in [5.74, 6) is 1.67. The highest BCUT2D eigenvalue weighted by Crippen LogP contribution is 2.31. The Labute approximate surface area is 120 Å². The lowest BCUT2D eigenvalue weighted by molar-refractivity contribution is 0.278. The number of benzene rings is 1. The second-order valence-electron chi connectivity index (χ2n) is 5.48. The van der Waals surface area contributed by atoms with Crippen LogP contribution in [-0.2, 0) is 0 Å². The Morgan fingerprint density at radius 3 is 2.58 bits per heavy atom. The van der Waals surface area contributed by atoms with Gasteiger partial charge in [-0.1, -0.05) is 37.8 Å². The van der Waals surface area contributed by atoms with Crippen LogP contribution >= 0.6 is 11.6 Å². The fourth-order valence-corrected chi connectivity index (χ4v) is 3.03. The van der Waals surface area contributed by atoms with Crippen molar-refractivity contribution in [1.29, 1.82) is 5.26 Å². The first kappa shape index (κ1) is 14.2. The van der Waals surface area contributed by atoms with E-state index >= 15 is 0 Å². The Hall–Kier alpha value is -1.20. The second-order valence-corrected chi connectivity index (χ2v) is 5.91. The number of anilines is 1. The molecule has 1 N–H and O–H groups in total. The summed E-state index contributed by atoms with van der Waals surface area (Å²) in [7, 11) is 0. The summed E-state index contributed by atoms with van der Waals surface area (Å²) >= 11 is 5.90. The minimum Gasteiger partial charge on any atom is -0.384 e. The van der Waals surface area contributed by atoms with Gasteiger partial charge < -0.3 is 5.32 Å². The number of nitrogens with zero attached hydrogens (tertiary/aromatic N) is 1. The van der Waals surface area contributed by atoms with E-state index < -0.39 is 0 Å². The standard InChI is InChI=1S/C16H21ClN2/c1-2-12-3-5-13(6-4-12)11-19-16-8-7-15(17)9-14(16)10-18/h7-9,12-13,19H,2-6,11H2,1H3. The fraction of sp³-hybridized carbons (Fsp3) is 0.562. The van der Waals surface area contributed by atoms with Crippen LogP contribution in [0, 0.1) is 23.2 Å². The van der Waals surface area contributed by atoms with E-state index in [-0.39, 0.29) is 0 Å². The van der Waals surface area contributed by atoms with Gasteiger partial charge in [-0.15, -0.1) is 0 Å². The molecule has 0 unspecified atom stereocenters. The van der Waals surface area contributed by atoms with Crippen LogP contribution in [-0.4, -0.2) is 6.54 Å². The predicted molar refractivity (Wildman–Crippen MR) is 80.4 cm³/mol. The summed E-state index contributed by atoms with van der Waals surface area (Å²) in [6.45, 7) is 3.25. The molecule has 3 heteroatoms. The molecule has 0 bridgehead atoms. The van der Waals surface area contributed by atoms with E-state index in [4.69, 9.17) is 16.9 Å². The van der Waals surface area contributed by atoms with Crippen molar-refractivity contribution in [2.24, 2.45) is 11.8 Å². The molecular formula is C16H21ClN2. The summed E-state index contributed by atoms with van der Waals surface area (Å²) in [6, 6.07) is 7.65. The third-order valence-corrected chi connectivity index (χ3v) is 4.46. The maximum atomic E-state index is 9.10. The number of halogens is 1. The van der Waals surface area contributed by atoms with E-state index in [2.05, 4.69) is 18.3 Å². The van der Waals surface area contributed by atoms with Crippen LogP contribution in [0.25, 0.3) is 0 Å². The van der Waals surface area contributed by atoms with Gasteiger partial charge in [0.15, 0.2) is 0 Å². The van der Waals surface area contributed by atoms with Crippen molar-refractivity contribution in [3.05, 3.63) is 28.8 Å².